The number of carbonyl (C=O) groups is 4. The van der Waals surface area contributed by atoms with Crippen LogP contribution in [0.4, 0.5) is 0 Å². The number of carboxylic acid groups (broad SMARTS) is 4. The van der Waals surface area contributed by atoms with Gasteiger partial charge in [-0.15, -0.1) is 0 Å². The lowest BCUT2D eigenvalue weighted by Crippen LogP contribution is -2.52. The second-order valence-electron chi connectivity index (χ2n) is 3.80. The molecular weight excluding hydrogens is 332 g/mol. The van der Waals surface area contributed by atoms with Gasteiger partial charge >= 0.3 is 0 Å². The number of quaternary nitrogens is 4. The first-order chi connectivity index (χ1) is 9.23. The van der Waals surface area contributed by atoms with Crippen LogP contribution in [0.25, 0.3) is 0 Å². The number of carboxylic acids is 4. The van der Waals surface area contributed by atoms with Crippen LogP contribution in [-0.2, 0) is 19.2 Å². The molecule has 0 aliphatic heterocycles. The molecule has 18 N–H and O–H groups in total. The number of aliphatic carboxylic acids is 4. The molecule has 0 fully saturated rings. The fourth-order valence-electron chi connectivity index (χ4n) is 1.30. The highest BCUT2D eigenvalue weighted by atomic mass is 16.4. The number of nitrogens with one attached hydrogen (secondary N) is 2. The average molecular weight is 360 g/mol. The minimum atomic E-state index is -1.65. The summed E-state index contributed by atoms with van der Waals surface area (Å²) in [6, 6.07) is -2.99. The summed E-state index contributed by atoms with van der Waals surface area (Å²) in [4.78, 5) is 41.6. The summed E-state index contributed by atoms with van der Waals surface area (Å²) in [7, 11) is 0. The van der Waals surface area contributed by atoms with Crippen LogP contribution in [0.2, 0.25) is 0 Å². The number of carbonyl (C=O) groups excluding carboxylic acids is 4. The first kappa shape index (κ1) is 33.3. The molecule has 0 rings (SSSR count). The summed E-state index contributed by atoms with van der Waals surface area (Å²) in [5, 5.41) is 46.1. The van der Waals surface area contributed by atoms with Crippen molar-refractivity contribution < 1.29 is 39.6 Å². The van der Waals surface area contributed by atoms with Gasteiger partial charge in [0.05, 0.1) is 24.0 Å². The molecule has 14 nitrogen and oxygen atoms in total. The molecule has 0 unspecified atom stereocenters. The lowest BCUT2D eigenvalue weighted by atomic mass is 10.2. The van der Waals surface area contributed by atoms with Crippen molar-refractivity contribution >= 4 is 23.9 Å². The van der Waals surface area contributed by atoms with Gasteiger partial charge in [-0.1, -0.05) is 0 Å². The summed E-state index contributed by atoms with van der Waals surface area (Å²) < 4.78 is 0. The van der Waals surface area contributed by atoms with Crippen LogP contribution in [0.5, 0.6) is 0 Å². The van der Waals surface area contributed by atoms with E-state index in [2.05, 4.69) is 10.6 Å². The van der Waals surface area contributed by atoms with E-state index in [9.17, 15) is 39.6 Å². The Morgan fingerprint density at radius 3 is 1.04 bits per heavy atom. The van der Waals surface area contributed by atoms with Crippen molar-refractivity contribution in [1.82, 2.24) is 35.2 Å². The maximum atomic E-state index is 10.5. The minimum Gasteiger partial charge on any atom is -0.550 e. The third-order valence-corrected chi connectivity index (χ3v) is 2.22. The summed E-state index contributed by atoms with van der Waals surface area (Å²) in [5.74, 6) is -6.49. The zero-order valence-corrected chi connectivity index (χ0v) is 14.2. The largest absolute Gasteiger partial charge is 0.550 e. The van der Waals surface area contributed by atoms with Gasteiger partial charge in [0.2, 0.25) is 0 Å². The van der Waals surface area contributed by atoms with Crippen molar-refractivity contribution in [3.63, 3.8) is 0 Å². The van der Waals surface area contributed by atoms with Crippen molar-refractivity contribution in [3.05, 3.63) is 0 Å². The molecular formula is C10H28N6O8. The van der Waals surface area contributed by atoms with Gasteiger partial charge in [-0.25, -0.2) is 0 Å². The Morgan fingerprint density at radius 1 is 0.625 bits per heavy atom. The maximum Gasteiger partial charge on any atom is 0.0588 e. The summed E-state index contributed by atoms with van der Waals surface area (Å²) >= 11 is 0. The molecule has 2 atom stereocenters. The van der Waals surface area contributed by atoms with Gasteiger partial charge in [0.15, 0.2) is 0 Å². The molecule has 0 aromatic rings. The topological polar surface area (TPSA) is 331 Å². The molecule has 0 spiro atoms. The Morgan fingerprint density at radius 2 is 0.875 bits per heavy atom. The molecule has 0 aromatic heterocycles. The van der Waals surface area contributed by atoms with Crippen LogP contribution in [0, 0.1) is 0 Å². The van der Waals surface area contributed by atoms with Gasteiger partial charge in [0, 0.05) is 37.9 Å². The van der Waals surface area contributed by atoms with Gasteiger partial charge < -0.3 is 74.8 Å². The molecule has 14 heteroatoms. The highest BCUT2D eigenvalue weighted by Gasteiger charge is 2.11. The van der Waals surface area contributed by atoms with E-state index in [0.717, 1.165) is 0 Å². The average Bonchev–Trinajstić information content (AvgIpc) is 2.29. The van der Waals surface area contributed by atoms with Crippen molar-refractivity contribution in [1.29, 1.82) is 0 Å². The molecule has 0 aromatic carbocycles. The molecule has 146 valence electrons. The fourth-order valence-corrected chi connectivity index (χ4v) is 1.30. The van der Waals surface area contributed by atoms with Crippen molar-refractivity contribution in [2.45, 2.75) is 24.9 Å². The summed E-state index contributed by atoms with van der Waals surface area (Å²) in [5.41, 5.74) is 0. The van der Waals surface area contributed by atoms with E-state index >= 15 is 0 Å². The quantitative estimate of drug-likeness (QED) is 0.189. The molecule has 0 bridgehead atoms. The standard InChI is InChI=1S/C10H16N2O8.4H3N/c13-7(14)3-5(9(17)18)11-1-2-12-6(10(19)20)4-8(15)16;;;;/h5-6,11-12H,1-4H2,(H,13,14)(H,15,16)(H,17,18)(H,19,20);4*1H3/t5-,6-;;;;/m0..../s1. The highest BCUT2D eigenvalue weighted by molar-refractivity contribution is 5.79. The van der Waals surface area contributed by atoms with Crippen LogP contribution < -0.4 is 55.7 Å². The first-order valence-corrected chi connectivity index (χ1v) is 5.52. The fraction of sp³-hybridized carbons (Fsp3) is 0.600. The molecule has 0 radical (unpaired) electrons. The predicted molar refractivity (Wildman–Crippen MR) is 76.8 cm³/mol. The van der Waals surface area contributed by atoms with Crippen LogP contribution in [0.3, 0.4) is 0 Å². The second kappa shape index (κ2) is 17.0. The van der Waals surface area contributed by atoms with Gasteiger partial charge in [0.25, 0.3) is 0 Å². The Balaban J connectivity index is -0.000000301. The van der Waals surface area contributed by atoms with E-state index in [1.165, 1.54) is 0 Å². The van der Waals surface area contributed by atoms with E-state index in [0.29, 0.717) is 0 Å². The van der Waals surface area contributed by atoms with E-state index < -0.39 is 48.8 Å². The molecule has 0 saturated heterocycles. The monoisotopic (exact) mass is 360 g/mol. The molecule has 0 heterocycles. The minimum absolute atomic E-state index is 0. The van der Waals surface area contributed by atoms with Crippen molar-refractivity contribution in [2.75, 3.05) is 13.1 Å². The van der Waals surface area contributed by atoms with Crippen LogP contribution in [-0.4, -0.2) is 49.1 Å². The smallest absolute Gasteiger partial charge is 0.0588 e. The Hall–Kier alpha value is -2.36. The van der Waals surface area contributed by atoms with Crippen LogP contribution in [0.1, 0.15) is 12.8 Å². The van der Waals surface area contributed by atoms with Gasteiger partial charge in [0.1, 0.15) is 0 Å². The molecule has 24 heavy (non-hydrogen) atoms. The lowest BCUT2D eigenvalue weighted by Gasteiger charge is -2.23. The zero-order chi connectivity index (χ0) is 15.7. The van der Waals surface area contributed by atoms with Crippen LogP contribution >= 0.6 is 0 Å². The number of hydrogen-bond acceptors (Lipinski definition) is 10. The van der Waals surface area contributed by atoms with Gasteiger partial charge in [-0.05, 0) is 0 Å². The molecule has 0 aliphatic carbocycles. The Labute approximate surface area is 137 Å². The Kier molecular flexibility index (Phi) is 23.6. The summed E-state index contributed by atoms with van der Waals surface area (Å²) in [6.45, 7) is -0.272. The second-order valence-corrected chi connectivity index (χ2v) is 3.80. The first-order valence-electron chi connectivity index (χ1n) is 5.52. The molecule has 0 amide bonds. The van der Waals surface area contributed by atoms with E-state index in [1.807, 2.05) is 0 Å². The third kappa shape index (κ3) is 16.0. The highest BCUT2D eigenvalue weighted by Crippen LogP contribution is 1.90. The normalized spacial score (nSPS) is 11.2. The SMILES string of the molecule is O=C([O-])C[C@H](NCCN[C@@H](CC(=O)[O-])C(=O)[O-])C(=O)[O-].[NH4+].[NH4+].[NH4+].[NH4+]. The van der Waals surface area contributed by atoms with E-state index in [-0.39, 0.29) is 37.7 Å². The Bertz CT molecular complexity index is 358. The molecule has 0 aliphatic rings. The molecule has 0 saturated carbocycles. The predicted octanol–water partition coefficient (Wildman–Crippen LogP) is -5.81. The lowest BCUT2D eigenvalue weighted by molar-refractivity contribution is -0.318. The number of rotatable bonds is 11. The zero-order valence-electron chi connectivity index (χ0n) is 14.2. The maximum absolute atomic E-state index is 10.5. The third-order valence-electron chi connectivity index (χ3n) is 2.22. The van der Waals surface area contributed by atoms with E-state index in [4.69, 9.17) is 0 Å². The van der Waals surface area contributed by atoms with Crippen LogP contribution in [0.15, 0.2) is 0 Å². The van der Waals surface area contributed by atoms with Crippen molar-refractivity contribution in [3.8, 4) is 0 Å². The number of hydrogen-bond donors (Lipinski definition) is 6. The van der Waals surface area contributed by atoms with Gasteiger partial charge in [-0.2, -0.15) is 0 Å². The van der Waals surface area contributed by atoms with E-state index in [1.54, 1.807) is 0 Å². The van der Waals surface area contributed by atoms with Gasteiger partial charge in [-0.3, -0.25) is 0 Å². The summed E-state index contributed by atoms with van der Waals surface area (Å²) in [6.07, 6.45) is -1.63. The van der Waals surface area contributed by atoms with Crippen molar-refractivity contribution in [2.24, 2.45) is 0 Å².